The standard InChI is InChI=1S/2C12H21NO/c1-4-12(14)13-8-6-5-7-11(9-13)10(2)3;1-4-5-12(14)13-8-6-11(7-9-13)10(2)3/h4,10-11H,1,5-9H2,2-3H3;4-5,10-11H,6-9H2,1-3H3/b;5-4+. The Morgan fingerprint density at radius 1 is 0.857 bits per heavy atom. The largest absolute Gasteiger partial charge is 0.339 e. The quantitative estimate of drug-likeness (QED) is 0.640. The summed E-state index contributed by atoms with van der Waals surface area (Å²) < 4.78 is 0. The van der Waals surface area contributed by atoms with E-state index >= 15 is 0 Å². The van der Waals surface area contributed by atoms with Gasteiger partial charge in [0.05, 0.1) is 0 Å². The zero-order valence-electron chi connectivity index (χ0n) is 18.8. The molecule has 0 radical (unpaired) electrons. The number of hydrogen-bond donors (Lipinski definition) is 0. The molecule has 1 atom stereocenters. The van der Waals surface area contributed by atoms with Crippen molar-refractivity contribution >= 4 is 11.8 Å². The van der Waals surface area contributed by atoms with Crippen LogP contribution >= 0.6 is 0 Å². The van der Waals surface area contributed by atoms with E-state index in [0.29, 0.717) is 11.8 Å². The Labute approximate surface area is 173 Å². The van der Waals surface area contributed by atoms with Gasteiger partial charge >= 0.3 is 0 Å². The molecule has 0 N–H and O–H groups in total. The van der Waals surface area contributed by atoms with Gasteiger partial charge in [0.25, 0.3) is 0 Å². The molecule has 2 rings (SSSR count). The van der Waals surface area contributed by atoms with E-state index in [1.807, 2.05) is 22.8 Å². The van der Waals surface area contributed by atoms with Crippen LogP contribution in [0.5, 0.6) is 0 Å². The fourth-order valence-corrected chi connectivity index (χ4v) is 4.08. The van der Waals surface area contributed by atoms with Gasteiger partial charge in [0.15, 0.2) is 0 Å². The molecule has 160 valence electrons. The molecule has 0 saturated carbocycles. The van der Waals surface area contributed by atoms with Gasteiger partial charge in [0.2, 0.25) is 11.8 Å². The lowest BCUT2D eigenvalue weighted by Gasteiger charge is -2.33. The van der Waals surface area contributed by atoms with Gasteiger partial charge in [-0.05, 0) is 68.4 Å². The zero-order valence-corrected chi connectivity index (χ0v) is 18.8. The van der Waals surface area contributed by atoms with E-state index in [2.05, 4.69) is 34.3 Å². The Hall–Kier alpha value is -1.58. The fourth-order valence-electron chi connectivity index (χ4n) is 4.08. The van der Waals surface area contributed by atoms with Crippen molar-refractivity contribution in [3.63, 3.8) is 0 Å². The molecule has 2 aliphatic heterocycles. The number of piperidine rings is 1. The molecular formula is C24H42N2O2. The predicted molar refractivity (Wildman–Crippen MR) is 118 cm³/mol. The van der Waals surface area contributed by atoms with Gasteiger partial charge in [0.1, 0.15) is 0 Å². The minimum absolute atomic E-state index is 0.0950. The van der Waals surface area contributed by atoms with Crippen LogP contribution < -0.4 is 0 Å². The first-order valence-corrected chi connectivity index (χ1v) is 11.1. The van der Waals surface area contributed by atoms with Crippen LogP contribution in [-0.2, 0) is 9.59 Å². The molecule has 1 unspecified atom stereocenters. The molecule has 0 bridgehead atoms. The van der Waals surface area contributed by atoms with Crippen molar-refractivity contribution in [1.29, 1.82) is 0 Å². The minimum atomic E-state index is 0.0950. The summed E-state index contributed by atoms with van der Waals surface area (Å²) in [7, 11) is 0. The van der Waals surface area contributed by atoms with E-state index in [9.17, 15) is 9.59 Å². The van der Waals surface area contributed by atoms with E-state index in [-0.39, 0.29) is 11.8 Å². The molecule has 2 fully saturated rings. The molecule has 28 heavy (non-hydrogen) atoms. The Balaban J connectivity index is 0.000000280. The van der Waals surface area contributed by atoms with E-state index in [1.54, 1.807) is 6.08 Å². The van der Waals surface area contributed by atoms with Crippen molar-refractivity contribution in [2.24, 2.45) is 23.7 Å². The van der Waals surface area contributed by atoms with Gasteiger partial charge in [-0.3, -0.25) is 9.59 Å². The maximum atomic E-state index is 11.5. The third-order valence-electron chi connectivity index (χ3n) is 6.24. The van der Waals surface area contributed by atoms with Crippen molar-refractivity contribution < 1.29 is 9.59 Å². The number of likely N-dealkylation sites (tertiary alicyclic amines) is 2. The molecule has 2 heterocycles. The molecular weight excluding hydrogens is 348 g/mol. The highest BCUT2D eigenvalue weighted by Crippen LogP contribution is 2.24. The molecule has 2 amide bonds. The number of rotatable bonds is 4. The number of allylic oxidation sites excluding steroid dienone is 1. The van der Waals surface area contributed by atoms with E-state index < -0.39 is 0 Å². The molecule has 0 aliphatic carbocycles. The fraction of sp³-hybridized carbons (Fsp3) is 0.750. The van der Waals surface area contributed by atoms with Crippen LogP contribution in [0.2, 0.25) is 0 Å². The van der Waals surface area contributed by atoms with Crippen molar-refractivity contribution in [3.8, 4) is 0 Å². The average Bonchev–Trinajstić information content (AvgIpc) is 2.94. The van der Waals surface area contributed by atoms with Crippen LogP contribution in [0.1, 0.15) is 66.7 Å². The van der Waals surface area contributed by atoms with Crippen LogP contribution in [0, 0.1) is 23.7 Å². The second-order valence-corrected chi connectivity index (χ2v) is 8.89. The summed E-state index contributed by atoms with van der Waals surface area (Å²) in [5.74, 6) is 3.18. The first kappa shape index (κ1) is 24.5. The summed E-state index contributed by atoms with van der Waals surface area (Å²) in [5, 5.41) is 0. The molecule has 0 aromatic carbocycles. The highest BCUT2D eigenvalue weighted by Gasteiger charge is 2.23. The van der Waals surface area contributed by atoms with Crippen LogP contribution in [0.4, 0.5) is 0 Å². The van der Waals surface area contributed by atoms with E-state index in [1.165, 1.54) is 31.8 Å². The predicted octanol–water partition coefficient (Wildman–Crippen LogP) is 4.91. The topological polar surface area (TPSA) is 40.6 Å². The minimum Gasteiger partial charge on any atom is -0.339 e. The summed E-state index contributed by atoms with van der Waals surface area (Å²) in [6.45, 7) is 18.2. The molecule has 2 aliphatic rings. The van der Waals surface area contributed by atoms with Crippen molar-refractivity contribution in [2.45, 2.75) is 66.7 Å². The Kier molecular flexibility index (Phi) is 11.2. The van der Waals surface area contributed by atoms with E-state index in [4.69, 9.17) is 0 Å². The van der Waals surface area contributed by atoms with Crippen molar-refractivity contribution in [2.75, 3.05) is 26.2 Å². The van der Waals surface area contributed by atoms with Gasteiger partial charge in [-0.1, -0.05) is 46.8 Å². The third-order valence-corrected chi connectivity index (χ3v) is 6.24. The normalized spacial score (nSPS) is 21.5. The smallest absolute Gasteiger partial charge is 0.246 e. The number of nitrogens with zero attached hydrogens (tertiary/aromatic N) is 2. The van der Waals surface area contributed by atoms with Gasteiger partial charge < -0.3 is 9.80 Å². The molecule has 4 nitrogen and oxygen atoms in total. The van der Waals surface area contributed by atoms with Gasteiger partial charge in [-0.15, -0.1) is 0 Å². The number of carbonyl (C=O) groups is 2. The number of amides is 2. The van der Waals surface area contributed by atoms with Crippen LogP contribution in [0.25, 0.3) is 0 Å². The number of carbonyl (C=O) groups excluding carboxylic acids is 2. The lowest BCUT2D eigenvalue weighted by molar-refractivity contribution is -0.128. The maximum Gasteiger partial charge on any atom is 0.246 e. The third kappa shape index (κ3) is 8.20. The van der Waals surface area contributed by atoms with Crippen LogP contribution in [0.3, 0.4) is 0 Å². The van der Waals surface area contributed by atoms with Crippen molar-refractivity contribution in [1.82, 2.24) is 9.80 Å². The summed E-state index contributed by atoms with van der Waals surface area (Å²) in [6.07, 6.45) is 10.9. The summed E-state index contributed by atoms with van der Waals surface area (Å²) in [6, 6.07) is 0. The molecule has 0 spiro atoms. The Bertz CT molecular complexity index is 517. The lowest BCUT2D eigenvalue weighted by atomic mass is 9.87. The maximum absolute atomic E-state index is 11.5. The second-order valence-electron chi connectivity index (χ2n) is 8.89. The zero-order chi connectivity index (χ0) is 21.1. The SMILES string of the molecule is C/C=C/C(=O)N1CCC(C(C)C)CC1.C=CC(=O)N1CCCCC(C(C)C)C1. The summed E-state index contributed by atoms with van der Waals surface area (Å²) in [4.78, 5) is 26.9. The highest BCUT2D eigenvalue weighted by atomic mass is 16.2. The number of hydrogen-bond acceptors (Lipinski definition) is 2. The van der Waals surface area contributed by atoms with E-state index in [0.717, 1.165) is 44.4 Å². The highest BCUT2D eigenvalue weighted by molar-refractivity contribution is 5.87. The monoisotopic (exact) mass is 390 g/mol. The van der Waals surface area contributed by atoms with Crippen LogP contribution in [-0.4, -0.2) is 47.8 Å². The molecule has 2 saturated heterocycles. The molecule has 4 heteroatoms. The molecule has 0 aromatic heterocycles. The Morgan fingerprint density at radius 2 is 1.46 bits per heavy atom. The average molecular weight is 391 g/mol. The van der Waals surface area contributed by atoms with Gasteiger partial charge in [-0.25, -0.2) is 0 Å². The first-order chi connectivity index (χ1) is 13.3. The van der Waals surface area contributed by atoms with Crippen LogP contribution in [0.15, 0.2) is 24.8 Å². The Morgan fingerprint density at radius 3 is 1.96 bits per heavy atom. The first-order valence-electron chi connectivity index (χ1n) is 11.1. The lowest BCUT2D eigenvalue weighted by Crippen LogP contribution is -2.38. The van der Waals surface area contributed by atoms with Gasteiger partial charge in [-0.2, -0.15) is 0 Å². The van der Waals surface area contributed by atoms with Gasteiger partial charge in [0, 0.05) is 26.2 Å². The second kappa shape index (κ2) is 12.8. The summed E-state index contributed by atoms with van der Waals surface area (Å²) >= 11 is 0. The van der Waals surface area contributed by atoms with Crippen molar-refractivity contribution in [3.05, 3.63) is 24.8 Å². The molecule has 0 aromatic rings. The summed E-state index contributed by atoms with van der Waals surface area (Å²) in [5.41, 5.74) is 0.